The van der Waals surface area contributed by atoms with Crippen LogP contribution >= 0.6 is 0 Å². The third kappa shape index (κ3) is 2.89. The van der Waals surface area contributed by atoms with Crippen molar-refractivity contribution in [2.75, 3.05) is 19.5 Å². The van der Waals surface area contributed by atoms with Crippen molar-refractivity contribution < 1.29 is 22.7 Å². The second kappa shape index (κ2) is 5.21. The van der Waals surface area contributed by atoms with Gasteiger partial charge in [0.05, 0.1) is 4.90 Å². The molecule has 1 atom stereocenters. The van der Waals surface area contributed by atoms with Crippen LogP contribution in [-0.4, -0.2) is 34.2 Å². The van der Waals surface area contributed by atoms with Crippen LogP contribution in [0.15, 0.2) is 17.0 Å². The number of hydrogen-bond donors (Lipinski definition) is 0. The van der Waals surface area contributed by atoms with Crippen LogP contribution in [-0.2, 0) is 14.6 Å². The minimum absolute atomic E-state index is 0.182. The van der Waals surface area contributed by atoms with Crippen molar-refractivity contribution in [3.8, 4) is 11.5 Å². The van der Waals surface area contributed by atoms with Crippen molar-refractivity contribution in [3.05, 3.63) is 17.7 Å². The van der Waals surface area contributed by atoms with Crippen LogP contribution in [0.2, 0.25) is 0 Å². The van der Waals surface area contributed by atoms with Crippen molar-refractivity contribution in [1.82, 2.24) is 0 Å². The van der Waals surface area contributed by atoms with Gasteiger partial charge in [-0.2, -0.15) is 0 Å². The fourth-order valence-electron chi connectivity index (χ4n) is 2.06. The van der Waals surface area contributed by atoms with Gasteiger partial charge in [-0.25, -0.2) is 8.42 Å². The van der Waals surface area contributed by atoms with E-state index in [4.69, 9.17) is 9.47 Å². The summed E-state index contributed by atoms with van der Waals surface area (Å²) in [5.74, 6) is 0.790. The SMILES string of the molecule is CC(CC=O)c1cc2c(cc1S(C)(=O)=O)OCCO2. The van der Waals surface area contributed by atoms with Crippen LogP contribution in [0.1, 0.15) is 24.8 Å². The van der Waals surface area contributed by atoms with Crippen molar-refractivity contribution in [2.24, 2.45) is 0 Å². The Morgan fingerprint density at radius 3 is 2.37 bits per heavy atom. The van der Waals surface area contributed by atoms with Crippen LogP contribution in [0.4, 0.5) is 0 Å². The maximum absolute atomic E-state index is 11.9. The number of rotatable bonds is 4. The number of benzene rings is 1. The van der Waals surface area contributed by atoms with E-state index in [1.165, 1.54) is 6.07 Å². The molecule has 6 heteroatoms. The third-order valence-electron chi connectivity index (χ3n) is 3.05. The Morgan fingerprint density at radius 1 is 1.26 bits per heavy atom. The summed E-state index contributed by atoms with van der Waals surface area (Å²) in [6.07, 6.45) is 2.20. The molecule has 0 N–H and O–H groups in total. The Kier molecular flexibility index (Phi) is 3.80. The predicted octanol–water partition coefficient (Wildman–Crippen LogP) is 1.55. The summed E-state index contributed by atoms with van der Waals surface area (Å²) >= 11 is 0. The fourth-order valence-corrected chi connectivity index (χ4v) is 3.07. The van der Waals surface area contributed by atoms with Crippen LogP contribution in [0.3, 0.4) is 0 Å². The molecule has 104 valence electrons. The third-order valence-corrected chi connectivity index (χ3v) is 4.21. The summed E-state index contributed by atoms with van der Waals surface area (Å²) in [7, 11) is -3.38. The second-order valence-corrected chi connectivity index (χ2v) is 6.59. The number of sulfone groups is 1. The molecule has 0 saturated heterocycles. The summed E-state index contributed by atoms with van der Waals surface area (Å²) in [6, 6.07) is 3.15. The van der Waals surface area contributed by atoms with Gasteiger partial charge in [0, 0.05) is 18.7 Å². The van der Waals surface area contributed by atoms with Crippen LogP contribution in [0, 0.1) is 0 Å². The molecular weight excluding hydrogens is 268 g/mol. The molecule has 0 amide bonds. The number of carbonyl (C=O) groups is 1. The summed E-state index contributed by atoms with van der Waals surface area (Å²) < 4.78 is 34.6. The second-order valence-electron chi connectivity index (χ2n) is 4.61. The first-order valence-corrected chi connectivity index (χ1v) is 7.90. The normalized spacial score (nSPS) is 15.9. The Labute approximate surface area is 112 Å². The van der Waals surface area contributed by atoms with E-state index in [-0.39, 0.29) is 17.2 Å². The van der Waals surface area contributed by atoms with Gasteiger partial charge in [0.15, 0.2) is 21.3 Å². The van der Waals surface area contributed by atoms with Gasteiger partial charge in [0.25, 0.3) is 0 Å². The van der Waals surface area contributed by atoms with Gasteiger partial charge in [-0.3, -0.25) is 0 Å². The summed E-state index contributed by atoms with van der Waals surface area (Å²) in [4.78, 5) is 10.8. The van der Waals surface area contributed by atoms with Crippen molar-refractivity contribution in [3.63, 3.8) is 0 Å². The zero-order chi connectivity index (χ0) is 14.0. The highest BCUT2D eigenvalue weighted by molar-refractivity contribution is 7.90. The largest absolute Gasteiger partial charge is 0.486 e. The maximum atomic E-state index is 11.9. The fraction of sp³-hybridized carbons (Fsp3) is 0.462. The van der Waals surface area contributed by atoms with E-state index in [0.29, 0.717) is 30.3 Å². The Morgan fingerprint density at radius 2 is 1.84 bits per heavy atom. The first-order valence-electron chi connectivity index (χ1n) is 6.00. The van der Waals surface area contributed by atoms with Gasteiger partial charge in [0.2, 0.25) is 0 Å². The Bertz CT molecular complexity index is 591. The lowest BCUT2D eigenvalue weighted by Crippen LogP contribution is -2.17. The molecule has 0 aliphatic carbocycles. The minimum atomic E-state index is -3.38. The molecule has 1 aromatic rings. The lowest BCUT2D eigenvalue weighted by Gasteiger charge is -2.22. The maximum Gasteiger partial charge on any atom is 0.175 e. The molecule has 1 aliphatic heterocycles. The molecule has 0 fully saturated rings. The number of carbonyl (C=O) groups excluding carboxylic acids is 1. The van der Waals surface area contributed by atoms with E-state index < -0.39 is 9.84 Å². The molecule has 1 unspecified atom stereocenters. The molecule has 2 rings (SSSR count). The Hall–Kier alpha value is -1.56. The molecule has 19 heavy (non-hydrogen) atoms. The highest BCUT2D eigenvalue weighted by Gasteiger charge is 2.23. The van der Waals surface area contributed by atoms with E-state index in [1.807, 2.05) is 6.92 Å². The Balaban J connectivity index is 2.58. The van der Waals surface area contributed by atoms with Crippen molar-refractivity contribution in [2.45, 2.75) is 24.2 Å². The molecule has 0 spiro atoms. The molecule has 0 bridgehead atoms. The van der Waals surface area contributed by atoms with Gasteiger partial charge in [-0.05, 0) is 17.5 Å². The topological polar surface area (TPSA) is 69.7 Å². The van der Waals surface area contributed by atoms with E-state index in [1.54, 1.807) is 6.07 Å². The summed E-state index contributed by atoms with van der Waals surface area (Å²) in [5, 5.41) is 0. The lowest BCUT2D eigenvalue weighted by molar-refractivity contribution is -0.108. The van der Waals surface area contributed by atoms with Gasteiger partial charge < -0.3 is 14.3 Å². The van der Waals surface area contributed by atoms with Crippen LogP contribution < -0.4 is 9.47 Å². The molecule has 1 heterocycles. The average molecular weight is 284 g/mol. The summed E-state index contributed by atoms with van der Waals surface area (Å²) in [6.45, 7) is 2.65. The lowest BCUT2D eigenvalue weighted by atomic mass is 9.98. The highest BCUT2D eigenvalue weighted by atomic mass is 32.2. The van der Waals surface area contributed by atoms with E-state index in [9.17, 15) is 13.2 Å². The zero-order valence-corrected chi connectivity index (χ0v) is 11.7. The van der Waals surface area contributed by atoms with E-state index in [0.717, 1.165) is 12.5 Å². The molecule has 0 saturated carbocycles. The minimum Gasteiger partial charge on any atom is -0.486 e. The number of ether oxygens (including phenoxy) is 2. The average Bonchev–Trinajstić information content (AvgIpc) is 2.36. The predicted molar refractivity (Wildman–Crippen MR) is 69.6 cm³/mol. The highest BCUT2D eigenvalue weighted by Crippen LogP contribution is 2.38. The number of aldehydes is 1. The van der Waals surface area contributed by atoms with Gasteiger partial charge in [0.1, 0.15) is 19.5 Å². The van der Waals surface area contributed by atoms with Gasteiger partial charge >= 0.3 is 0 Å². The van der Waals surface area contributed by atoms with Crippen LogP contribution in [0.25, 0.3) is 0 Å². The molecule has 1 aliphatic rings. The smallest absolute Gasteiger partial charge is 0.175 e. The standard InChI is InChI=1S/C13H16O5S/c1-9(3-4-14)10-7-11-12(18-6-5-17-11)8-13(10)19(2,15)16/h4,7-9H,3,5-6H2,1-2H3. The molecule has 0 radical (unpaired) electrons. The number of fused-ring (bicyclic) bond motifs is 1. The number of hydrogen-bond acceptors (Lipinski definition) is 5. The first-order chi connectivity index (χ1) is 8.93. The quantitative estimate of drug-likeness (QED) is 0.785. The van der Waals surface area contributed by atoms with Crippen LogP contribution in [0.5, 0.6) is 11.5 Å². The molecule has 0 aromatic heterocycles. The van der Waals surface area contributed by atoms with Crippen molar-refractivity contribution >= 4 is 16.1 Å². The van der Waals surface area contributed by atoms with Crippen molar-refractivity contribution in [1.29, 1.82) is 0 Å². The zero-order valence-electron chi connectivity index (χ0n) is 10.9. The first kappa shape index (κ1) is 13.9. The molecule has 5 nitrogen and oxygen atoms in total. The van der Waals surface area contributed by atoms with Gasteiger partial charge in [-0.15, -0.1) is 0 Å². The molecule has 1 aromatic carbocycles. The monoisotopic (exact) mass is 284 g/mol. The molecular formula is C13H16O5S. The van der Waals surface area contributed by atoms with E-state index >= 15 is 0 Å². The van der Waals surface area contributed by atoms with E-state index in [2.05, 4.69) is 0 Å². The van der Waals surface area contributed by atoms with Gasteiger partial charge in [-0.1, -0.05) is 6.92 Å². The summed E-state index contributed by atoms with van der Waals surface area (Å²) in [5.41, 5.74) is 0.596.